The van der Waals surface area contributed by atoms with Crippen molar-refractivity contribution >= 4 is 35.2 Å². The number of hydrogen-bond donors (Lipinski definition) is 1. The molecule has 0 aromatic heterocycles. The van der Waals surface area contributed by atoms with Crippen LogP contribution in [0.4, 0.5) is 4.79 Å². The lowest BCUT2D eigenvalue weighted by Gasteiger charge is -2.39. The van der Waals surface area contributed by atoms with Crippen molar-refractivity contribution in [1.82, 2.24) is 5.32 Å². The number of aryl methyl sites for hydroxylation is 1. The zero-order valence-corrected chi connectivity index (χ0v) is 17.6. The highest BCUT2D eigenvalue weighted by Crippen LogP contribution is 2.60. The van der Waals surface area contributed by atoms with Crippen LogP contribution >= 0.6 is 23.2 Å². The molecule has 1 spiro atoms. The molecule has 28 heavy (non-hydrogen) atoms. The maximum atomic E-state index is 11.7. The molecule has 1 aromatic rings. The Morgan fingerprint density at radius 1 is 1.25 bits per heavy atom. The standard InChI is InChI=1S/C21H27Cl2NO4/c1-15(25)24-19(26)27-18-21(28-18)13-11-17(22)14-20(21,23)12-7-3-6-10-16-8-4-2-5-9-16/h2,4-5,8-9,17-18H,3,6-7,10-14H2,1H3,(H,24,25,26)/t17-,18?,20-,21-/m0/s1. The van der Waals surface area contributed by atoms with Gasteiger partial charge in [0.25, 0.3) is 0 Å². The Morgan fingerprint density at radius 3 is 2.71 bits per heavy atom. The van der Waals surface area contributed by atoms with E-state index in [9.17, 15) is 9.59 Å². The predicted octanol–water partition coefficient (Wildman–Crippen LogP) is 4.93. The lowest BCUT2D eigenvalue weighted by atomic mass is 9.75. The number of carbonyl (C=O) groups excluding carboxylic acids is 2. The molecule has 4 atom stereocenters. The van der Waals surface area contributed by atoms with E-state index in [-0.39, 0.29) is 5.38 Å². The first kappa shape index (κ1) is 21.4. The monoisotopic (exact) mass is 427 g/mol. The first-order valence-corrected chi connectivity index (χ1v) is 10.7. The van der Waals surface area contributed by atoms with E-state index in [1.807, 2.05) is 6.07 Å². The van der Waals surface area contributed by atoms with Crippen molar-refractivity contribution in [3.05, 3.63) is 35.9 Å². The van der Waals surface area contributed by atoms with E-state index in [2.05, 4.69) is 29.6 Å². The maximum absolute atomic E-state index is 11.7. The van der Waals surface area contributed by atoms with Gasteiger partial charge in [0.2, 0.25) is 12.2 Å². The number of alkyl carbamates (subject to hydrolysis) is 1. The van der Waals surface area contributed by atoms with Gasteiger partial charge in [-0.2, -0.15) is 0 Å². The number of halogens is 2. The number of alkyl halides is 2. The molecule has 1 saturated carbocycles. The number of epoxide rings is 1. The molecule has 1 unspecified atom stereocenters. The van der Waals surface area contributed by atoms with Crippen LogP contribution in [0.15, 0.2) is 30.3 Å². The van der Waals surface area contributed by atoms with Crippen molar-refractivity contribution in [2.45, 2.75) is 80.4 Å². The van der Waals surface area contributed by atoms with Gasteiger partial charge in [-0.3, -0.25) is 10.1 Å². The number of hydrogen-bond acceptors (Lipinski definition) is 4. The van der Waals surface area contributed by atoms with E-state index < -0.39 is 28.8 Å². The van der Waals surface area contributed by atoms with Crippen molar-refractivity contribution in [3.63, 3.8) is 0 Å². The zero-order valence-electron chi connectivity index (χ0n) is 16.1. The summed E-state index contributed by atoms with van der Waals surface area (Å²) in [5.41, 5.74) is 0.640. The van der Waals surface area contributed by atoms with Gasteiger partial charge in [-0.1, -0.05) is 43.2 Å². The van der Waals surface area contributed by atoms with Crippen LogP contribution in [0.2, 0.25) is 0 Å². The van der Waals surface area contributed by atoms with Gasteiger partial charge >= 0.3 is 6.09 Å². The number of imide groups is 1. The van der Waals surface area contributed by atoms with Crippen LogP contribution in [-0.2, 0) is 20.7 Å². The third-order valence-electron chi connectivity index (χ3n) is 5.65. The fourth-order valence-corrected chi connectivity index (χ4v) is 5.13. The Kier molecular flexibility index (Phi) is 6.89. The summed E-state index contributed by atoms with van der Waals surface area (Å²) in [6.45, 7) is 1.25. The molecule has 1 aliphatic carbocycles. The summed E-state index contributed by atoms with van der Waals surface area (Å²) in [6.07, 6.45) is 5.40. The Hall–Kier alpha value is -1.30. The van der Waals surface area contributed by atoms with E-state index in [1.54, 1.807) is 0 Å². The SMILES string of the molecule is CC(=O)NC(=O)OC1O[C@@]12CC[C@H](Cl)C[C@@]2(Cl)CCCCCc1ccccc1. The van der Waals surface area contributed by atoms with Crippen LogP contribution in [-0.4, -0.2) is 34.1 Å². The van der Waals surface area contributed by atoms with Gasteiger partial charge in [0.1, 0.15) is 0 Å². The van der Waals surface area contributed by atoms with Crippen molar-refractivity contribution in [2.24, 2.45) is 0 Å². The Balaban J connectivity index is 1.51. The van der Waals surface area contributed by atoms with Crippen LogP contribution in [0, 0.1) is 0 Å². The third kappa shape index (κ3) is 5.00. The second-order valence-corrected chi connectivity index (χ2v) is 9.12. The van der Waals surface area contributed by atoms with Gasteiger partial charge in [-0.25, -0.2) is 4.79 Å². The zero-order chi connectivity index (χ0) is 20.2. The molecule has 2 aliphatic rings. The molecule has 1 N–H and O–H groups in total. The van der Waals surface area contributed by atoms with Gasteiger partial charge in [0, 0.05) is 12.3 Å². The van der Waals surface area contributed by atoms with Crippen LogP contribution in [0.5, 0.6) is 0 Å². The van der Waals surface area contributed by atoms with Gasteiger partial charge in [-0.15, -0.1) is 23.2 Å². The summed E-state index contributed by atoms with van der Waals surface area (Å²) in [6, 6.07) is 10.4. The second-order valence-electron chi connectivity index (χ2n) is 7.78. The van der Waals surface area contributed by atoms with E-state index in [0.717, 1.165) is 38.5 Å². The highest BCUT2D eigenvalue weighted by Gasteiger charge is 2.72. The lowest BCUT2D eigenvalue weighted by Crippen LogP contribution is -2.48. The molecule has 1 heterocycles. The maximum Gasteiger partial charge on any atom is 0.416 e. The van der Waals surface area contributed by atoms with E-state index >= 15 is 0 Å². The number of ether oxygens (including phenoxy) is 2. The second kappa shape index (κ2) is 9.02. The minimum absolute atomic E-state index is 0.0108. The van der Waals surface area contributed by atoms with Crippen molar-refractivity contribution in [3.8, 4) is 0 Å². The summed E-state index contributed by atoms with van der Waals surface area (Å²) in [7, 11) is 0. The molecule has 7 heteroatoms. The Labute approximate surface area is 176 Å². The van der Waals surface area contributed by atoms with Crippen LogP contribution in [0.25, 0.3) is 0 Å². The van der Waals surface area contributed by atoms with Gasteiger partial charge in [0.15, 0.2) is 5.60 Å². The fourth-order valence-electron chi connectivity index (χ4n) is 4.13. The largest absolute Gasteiger partial charge is 0.416 e. The Morgan fingerprint density at radius 2 is 2.00 bits per heavy atom. The topological polar surface area (TPSA) is 67.9 Å². The highest BCUT2D eigenvalue weighted by molar-refractivity contribution is 6.27. The summed E-state index contributed by atoms with van der Waals surface area (Å²) in [4.78, 5) is 22.1. The first-order valence-electron chi connectivity index (χ1n) is 9.88. The van der Waals surface area contributed by atoms with Crippen LogP contribution in [0.3, 0.4) is 0 Å². The molecular weight excluding hydrogens is 401 g/mol. The molecule has 1 aromatic carbocycles. The minimum Gasteiger partial charge on any atom is -0.416 e. The molecule has 0 radical (unpaired) electrons. The summed E-state index contributed by atoms with van der Waals surface area (Å²) >= 11 is 13.4. The number of carbonyl (C=O) groups is 2. The fraction of sp³-hybridized carbons (Fsp3) is 0.619. The molecule has 0 bridgehead atoms. The quantitative estimate of drug-likeness (QED) is 0.380. The van der Waals surface area contributed by atoms with Crippen LogP contribution < -0.4 is 5.32 Å². The summed E-state index contributed by atoms with van der Waals surface area (Å²) in [5.74, 6) is -0.472. The number of amides is 2. The van der Waals surface area contributed by atoms with E-state index in [4.69, 9.17) is 32.7 Å². The van der Waals surface area contributed by atoms with Crippen molar-refractivity contribution < 1.29 is 19.1 Å². The summed E-state index contributed by atoms with van der Waals surface area (Å²) in [5, 5.41) is 2.09. The molecule has 1 saturated heterocycles. The lowest BCUT2D eigenvalue weighted by molar-refractivity contribution is -0.118. The van der Waals surface area contributed by atoms with Crippen LogP contribution in [0.1, 0.15) is 57.4 Å². The Bertz CT molecular complexity index is 701. The van der Waals surface area contributed by atoms with Gasteiger partial charge in [-0.05, 0) is 44.1 Å². The van der Waals surface area contributed by atoms with Crippen molar-refractivity contribution in [1.29, 1.82) is 0 Å². The predicted molar refractivity (Wildman–Crippen MR) is 109 cm³/mol. The van der Waals surface area contributed by atoms with E-state index in [0.29, 0.717) is 12.8 Å². The molecular formula is C21H27Cl2NO4. The van der Waals surface area contributed by atoms with E-state index in [1.165, 1.54) is 12.5 Å². The average molecular weight is 428 g/mol. The first-order chi connectivity index (χ1) is 13.3. The third-order valence-corrected chi connectivity index (χ3v) is 6.68. The van der Waals surface area contributed by atoms with Gasteiger partial charge in [0.05, 0.1) is 4.87 Å². The molecule has 1 aliphatic heterocycles. The number of benzene rings is 1. The molecule has 2 amide bonds. The number of unbranched alkanes of at least 4 members (excludes halogenated alkanes) is 2. The normalized spacial score (nSPS) is 31.4. The number of rotatable bonds is 7. The summed E-state index contributed by atoms with van der Waals surface area (Å²) < 4.78 is 11.1. The molecule has 2 fully saturated rings. The van der Waals surface area contributed by atoms with Gasteiger partial charge < -0.3 is 9.47 Å². The average Bonchev–Trinajstić information content (AvgIpc) is 3.33. The van der Waals surface area contributed by atoms with Crippen molar-refractivity contribution in [2.75, 3.05) is 0 Å². The molecule has 3 rings (SSSR count). The highest BCUT2D eigenvalue weighted by atomic mass is 35.5. The molecule has 154 valence electrons. The minimum atomic E-state index is -0.802. The number of nitrogens with one attached hydrogen (secondary N) is 1. The molecule has 5 nitrogen and oxygen atoms in total. The smallest absolute Gasteiger partial charge is 0.416 e.